The number of halogens is 1. The van der Waals surface area contributed by atoms with E-state index in [0.717, 1.165) is 37.8 Å². The molecule has 0 aromatic heterocycles. The van der Waals surface area contributed by atoms with Crippen molar-refractivity contribution >= 4 is 5.91 Å². The van der Waals surface area contributed by atoms with Crippen LogP contribution in [0.1, 0.15) is 38.2 Å². The Balaban J connectivity index is 1.71. The highest BCUT2D eigenvalue weighted by atomic mass is 19.1. The summed E-state index contributed by atoms with van der Waals surface area (Å²) in [5.41, 5.74) is 1.00. The third kappa shape index (κ3) is 3.43. The van der Waals surface area contributed by atoms with Crippen molar-refractivity contribution in [3.63, 3.8) is 0 Å². The minimum Gasteiger partial charge on any atom is -0.334 e. The number of piperidine rings is 1. The quantitative estimate of drug-likeness (QED) is 0.924. The minimum atomic E-state index is -0.231. The maximum atomic E-state index is 13.0. The van der Waals surface area contributed by atoms with Gasteiger partial charge in [0.25, 0.3) is 0 Å². The average molecular weight is 290 g/mol. The summed E-state index contributed by atoms with van der Waals surface area (Å²) in [6.07, 6.45) is 4.44. The largest absolute Gasteiger partial charge is 0.334 e. The van der Waals surface area contributed by atoms with Crippen molar-refractivity contribution in [2.75, 3.05) is 6.54 Å². The molecule has 1 aromatic carbocycles. The van der Waals surface area contributed by atoms with E-state index in [1.54, 1.807) is 12.1 Å². The van der Waals surface area contributed by atoms with Crippen LogP contribution < -0.4 is 5.32 Å². The van der Waals surface area contributed by atoms with Crippen LogP contribution in [0.3, 0.4) is 0 Å². The summed E-state index contributed by atoms with van der Waals surface area (Å²) in [6, 6.07) is 6.79. The van der Waals surface area contributed by atoms with Gasteiger partial charge in [0.1, 0.15) is 5.82 Å². The molecule has 2 fully saturated rings. The van der Waals surface area contributed by atoms with E-state index < -0.39 is 0 Å². The predicted molar refractivity (Wildman–Crippen MR) is 80.2 cm³/mol. The second-order valence-electron chi connectivity index (χ2n) is 6.38. The van der Waals surface area contributed by atoms with Crippen LogP contribution in [-0.4, -0.2) is 29.4 Å². The van der Waals surface area contributed by atoms with Gasteiger partial charge >= 0.3 is 0 Å². The number of carbonyl (C=O) groups excluding carboxylic acids is 1. The monoisotopic (exact) mass is 290 g/mol. The first-order valence-corrected chi connectivity index (χ1v) is 7.93. The zero-order valence-corrected chi connectivity index (χ0v) is 12.5. The maximum absolute atomic E-state index is 13.0. The van der Waals surface area contributed by atoms with E-state index in [1.807, 2.05) is 4.90 Å². The van der Waals surface area contributed by atoms with Crippen molar-refractivity contribution < 1.29 is 9.18 Å². The van der Waals surface area contributed by atoms with Crippen LogP contribution in [0.5, 0.6) is 0 Å². The Kier molecular flexibility index (Phi) is 4.24. The van der Waals surface area contributed by atoms with Crippen molar-refractivity contribution in [1.29, 1.82) is 0 Å². The molecule has 2 atom stereocenters. The molecule has 1 heterocycles. The van der Waals surface area contributed by atoms with Crippen molar-refractivity contribution in [2.24, 2.45) is 5.92 Å². The summed E-state index contributed by atoms with van der Waals surface area (Å²) in [7, 11) is 0. The van der Waals surface area contributed by atoms with E-state index in [0.29, 0.717) is 18.5 Å². The molecular formula is C17H23FN2O. The van der Waals surface area contributed by atoms with Crippen molar-refractivity contribution in [1.82, 2.24) is 10.2 Å². The average Bonchev–Trinajstić information content (AvgIpc) is 3.31. The molecule has 1 saturated heterocycles. The molecule has 1 saturated carbocycles. The Morgan fingerprint density at radius 1 is 1.29 bits per heavy atom. The predicted octanol–water partition coefficient (Wildman–Crippen LogP) is 2.70. The molecule has 1 N–H and O–H groups in total. The van der Waals surface area contributed by atoms with Gasteiger partial charge < -0.3 is 10.2 Å². The standard InChI is InChI=1S/C17H23FN2O/c1-12-3-2-10-19-16(12)17(21)20(15-8-9-15)11-13-4-6-14(18)7-5-13/h4-7,12,15-16,19H,2-3,8-11H2,1H3. The first-order valence-electron chi connectivity index (χ1n) is 7.93. The molecule has 2 aliphatic rings. The molecule has 1 aliphatic heterocycles. The molecule has 0 radical (unpaired) electrons. The molecule has 21 heavy (non-hydrogen) atoms. The Morgan fingerprint density at radius 2 is 2.00 bits per heavy atom. The molecular weight excluding hydrogens is 267 g/mol. The van der Waals surface area contributed by atoms with Crippen LogP contribution in [0, 0.1) is 11.7 Å². The number of carbonyl (C=O) groups is 1. The maximum Gasteiger partial charge on any atom is 0.240 e. The summed E-state index contributed by atoms with van der Waals surface area (Å²) in [5, 5.41) is 3.38. The SMILES string of the molecule is CC1CCCNC1C(=O)N(Cc1ccc(F)cc1)C1CC1. The summed E-state index contributed by atoms with van der Waals surface area (Å²) >= 11 is 0. The summed E-state index contributed by atoms with van der Waals surface area (Å²) in [4.78, 5) is 14.8. The lowest BCUT2D eigenvalue weighted by atomic mass is 9.91. The normalized spacial score (nSPS) is 25.6. The number of benzene rings is 1. The zero-order chi connectivity index (χ0) is 14.8. The van der Waals surface area contributed by atoms with Crippen molar-refractivity contribution in [3.05, 3.63) is 35.6 Å². The number of hydrogen-bond acceptors (Lipinski definition) is 2. The van der Waals surface area contributed by atoms with Gasteiger partial charge in [0.2, 0.25) is 5.91 Å². The molecule has 1 aliphatic carbocycles. The van der Waals surface area contributed by atoms with Gasteiger partial charge in [-0.2, -0.15) is 0 Å². The number of hydrogen-bond donors (Lipinski definition) is 1. The second kappa shape index (κ2) is 6.14. The molecule has 0 spiro atoms. The van der Waals surface area contributed by atoms with E-state index >= 15 is 0 Å². The van der Waals surface area contributed by atoms with Crippen LogP contribution in [0.25, 0.3) is 0 Å². The van der Waals surface area contributed by atoms with Crippen LogP contribution in [0.4, 0.5) is 4.39 Å². The lowest BCUT2D eigenvalue weighted by molar-refractivity contribution is -0.136. The molecule has 2 unspecified atom stereocenters. The van der Waals surface area contributed by atoms with Gasteiger partial charge in [-0.15, -0.1) is 0 Å². The highest BCUT2D eigenvalue weighted by Crippen LogP contribution is 2.30. The molecule has 3 nitrogen and oxygen atoms in total. The van der Waals surface area contributed by atoms with Gasteiger partial charge in [-0.3, -0.25) is 4.79 Å². The van der Waals surface area contributed by atoms with Gasteiger partial charge in [0.05, 0.1) is 6.04 Å². The van der Waals surface area contributed by atoms with Crippen LogP contribution in [-0.2, 0) is 11.3 Å². The third-order valence-electron chi connectivity index (χ3n) is 4.57. The van der Waals surface area contributed by atoms with E-state index in [2.05, 4.69) is 12.2 Å². The summed E-state index contributed by atoms with van der Waals surface area (Å²) in [5.74, 6) is 0.375. The summed E-state index contributed by atoms with van der Waals surface area (Å²) in [6.45, 7) is 3.67. The van der Waals surface area contributed by atoms with Gasteiger partial charge in [-0.25, -0.2) is 4.39 Å². The number of nitrogens with zero attached hydrogens (tertiary/aromatic N) is 1. The Bertz CT molecular complexity index is 498. The highest BCUT2D eigenvalue weighted by Gasteiger charge is 2.38. The Labute approximate surface area is 125 Å². The molecule has 3 rings (SSSR count). The van der Waals surface area contributed by atoms with Crippen LogP contribution in [0.2, 0.25) is 0 Å². The molecule has 4 heteroatoms. The van der Waals surface area contributed by atoms with Crippen LogP contribution >= 0.6 is 0 Å². The van der Waals surface area contributed by atoms with E-state index in [9.17, 15) is 9.18 Å². The lowest BCUT2D eigenvalue weighted by Gasteiger charge is -2.34. The van der Waals surface area contributed by atoms with Crippen LogP contribution in [0.15, 0.2) is 24.3 Å². The first kappa shape index (κ1) is 14.5. The second-order valence-corrected chi connectivity index (χ2v) is 6.38. The van der Waals surface area contributed by atoms with Gasteiger partial charge in [0.15, 0.2) is 0 Å². The Hall–Kier alpha value is -1.42. The van der Waals surface area contributed by atoms with E-state index in [1.165, 1.54) is 12.1 Å². The fraction of sp³-hybridized carbons (Fsp3) is 0.588. The van der Waals surface area contributed by atoms with Gasteiger partial charge in [0, 0.05) is 12.6 Å². The fourth-order valence-electron chi connectivity index (χ4n) is 3.12. The van der Waals surface area contributed by atoms with E-state index in [4.69, 9.17) is 0 Å². The minimum absolute atomic E-state index is 0.0557. The topological polar surface area (TPSA) is 32.3 Å². The van der Waals surface area contributed by atoms with Gasteiger partial charge in [-0.05, 0) is 55.8 Å². The van der Waals surface area contributed by atoms with Crippen molar-refractivity contribution in [2.45, 2.75) is 51.2 Å². The molecule has 1 aromatic rings. The summed E-state index contributed by atoms with van der Waals surface area (Å²) < 4.78 is 13.0. The Morgan fingerprint density at radius 3 is 2.62 bits per heavy atom. The van der Waals surface area contributed by atoms with Crippen molar-refractivity contribution in [3.8, 4) is 0 Å². The van der Waals surface area contributed by atoms with E-state index in [-0.39, 0.29) is 17.8 Å². The third-order valence-corrected chi connectivity index (χ3v) is 4.57. The number of rotatable bonds is 4. The number of nitrogens with one attached hydrogen (secondary N) is 1. The fourth-order valence-corrected chi connectivity index (χ4v) is 3.12. The highest BCUT2D eigenvalue weighted by molar-refractivity contribution is 5.83. The first-order chi connectivity index (χ1) is 10.1. The smallest absolute Gasteiger partial charge is 0.240 e. The molecule has 1 amide bonds. The van der Waals surface area contributed by atoms with Gasteiger partial charge in [-0.1, -0.05) is 19.1 Å². The zero-order valence-electron chi connectivity index (χ0n) is 12.5. The molecule has 114 valence electrons. The lowest BCUT2D eigenvalue weighted by Crippen LogP contribution is -2.52. The number of amides is 1. The molecule has 0 bridgehead atoms.